The van der Waals surface area contributed by atoms with Gasteiger partial charge < -0.3 is 9.53 Å². The Morgan fingerprint density at radius 1 is 1.33 bits per heavy atom. The number of hydrogen-bond acceptors (Lipinski definition) is 3. The molecule has 1 atom stereocenters. The van der Waals surface area contributed by atoms with E-state index in [0.717, 1.165) is 24.9 Å². The van der Waals surface area contributed by atoms with Gasteiger partial charge in [0, 0.05) is 13.1 Å². The van der Waals surface area contributed by atoms with Crippen LogP contribution in [0.4, 0.5) is 4.39 Å². The fraction of sp³-hybridized carbons (Fsp3) is 0.500. The first kappa shape index (κ1) is 13.2. The van der Waals surface area contributed by atoms with E-state index < -0.39 is 5.54 Å². The number of halogens is 1. The Morgan fingerprint density at radius 2 is 1.94 bits per heavy atom. The zero-order valence-electron chi connectivity index (χ0n) is 10.6. The van der Waals surface area contributed by atoms with Gasteiger partial charge in [-0.05, 0) is 31.0 Å². The zero-order valence-corrected chi connectivity index (χ0v) is 10.6. The number of nitrogens with zero attached hydrogens (tertiary/aromatic N) is 1. The average molecular weight is 251 g/mol. The first-order valence-electron chi connectivity index (χ1n) is 6.18. The molecular weight excluding hydrogens is 233 g/mol. The molecule has 1 heterocycles. The standard InChI is InChI=1S/C14H18FNO2/c1-14(11-17,16-6-8-18-9-7-16)10-12-2-4-13(15)5-3-12/h2-5,11H,6-10H2,1H3. The molecule has 0 N–H and O–H groups in total. The minimum absolute atomic E-state index is 0.252. The monoisotopic (exact) mass is 251 g/mol. The second kappa shape index (κ2) is 5.59. The van der Waals surface area contributed by atoms with Gasteiger partial charge in [-0.15, -0.1) is 0 Å². The van der Waals surface area contributed by atoms with Crippen molar-refractivity contribution in [3.63, 3.8) is 0 Å². The molecule has 98 valence electrons. The van der Waals surface area contributed by atoms with E-state index >= 15 is 0 Å². The zero-order chi connectivity index (χ0) is 13.0. The molecule has 0 aromatic heterocycles. The van der Waals surface area contributed by atoms with Crippen LogP contribution in [0.15, 0.2) is 24.3 Å². The van der Waals surface area contributed by atoms with Gasteiger partial charge in [-0.2, -0.15) is 0 Å². The Morgan fingerprint density at radius 3 is 2.50 bits per heavy atom. The third-order valence-corrected chi connectivity index (χ3v) is 3.46. The number of carbonyl (C=O) groups excluding carboxylic acids is 1. The molecule has 1 fully saturated rings. The van der Waals surface area contributed by atoms with Crippen LogP contribution in [0.1, 0.15) is 12.5 Å². The van der Waals surface area contributed by atoms with Crippen molar-refractivity contribution in [2.75, 3.05) is 26.3 Å². The van der Waals surface area contributed by atoms with Gasteiger partial charge in [0.15, 0.2) is 0 Å². The van der Waals surface area contributed by atoms with Gasteiger partial charge in [-0.1, -0.05) is 12.1 Å². The van der Waals surface area contributed by atoms with Crippen molar-refractivity contribution in [2.45, 2.75) is 18.9 Å². The molecule has 1 unspecified atom stereocenters. The first-order valence-corrected chi connectivity index (χ1v) is 6.18. The number of rotatable bonds is 4. The molecule has 18 heavy (non-hydrogen) atoms. The molecule has 3 nitrogen and oxygen atoms in total. The van der Waals surface area contributed by atoms with Gasteiger partial charge in [0.05, 0.1) is 18.8 Å². The van der Waals surface area contributed by atoms with Crippen LogP contribution in [0.5, 0.6) is 0 Å². The van der Waals surface area contributed by atoms with E-state index in [0.29, 0.717) is 19.6 Å². The van der Waals surface area contributed by atoms with Gasteiger partial charge in [-0.25, -0.2) is 4.39 Å². The van der Waals surface area contributed by atoms with Crippen molar-refractivity contribution in [1.82, 2.24) is 4.90 Å². The van der Waals surface area contributed by atoms with Crippen LogP contribution in [-0.4, -0.2) is 43.0 Å². The first-order chi connectivity index (χ1) is 8.64. The quantitative estimate of drug-likeness (QED) is 0.762. The number of aldehydes is 1. The highest BCUT2D eigenvalue weighted by Gasteiger charge is 2.32. The van der Waals surface area contributed by atoms with Crippen molar-refractivity contribution >= 4 is 6.29 Å². The maximum absolute atomic E-state index is 12.9. The molecule has 1 aliphatic rings. The Hall–Kier alpha value is -1.26. The lowest BCUT2D eigenvalue weighted by Crippen LogP contribution is -2.54. The van der Waals surface area contributed by atoms with Crippen molar-refractivity contribution in [3.05, 3.63) is 35.6 Å². The Labute approximate surface area is 107 Å². The predicted molar refractivity (Wildman–Crippen MR) is 67.0 cm³/mol. The summed E-state index contributed by atoms with van der Waals surface area (Å²) < 4.78 is 18.2. The van der Waals surface area contributed by atoms with Crippen molar-refractivity contribution in [3.8, 4) is 0 Å². The second-order valence-electron chi connectivity index (χ2n) is 4.88. The van der Waals surface area contributed by atoms with Crippen LogP contribution in [-0.2, 0) is 16.0 Å². The van der Waals surface area contributed by atoms with Crippen LogP contribution < -0.4 is 0 Å². The van der Waals surface area contributed by atoms with Crippen LogP contribution >= 0.6 is 0 Å². The molecule has 0 saturated carbocycles. The smallest absolute Gasteiger partial charge is 0.140 e. The van der Waals surface area contributed by atoms with Gasteiger partial charge in [0.2, 0.25) is 0 Å². The summed E-state index contributed by atoms with van der Waals surface area (Å²) in [6, 6.07) is 6.33. The third-order valence-electron chi connectivity index (χ3n) is 3.46. The van der Waals surface area contributed by atoms with Gasteiger partial charge in [-0.3, -0.25) is 4.90 Å². The van der Waals surface area contributed by atoms with Gasteiger partial charge in [0.1, 0.15) is 12.1 Å². The maximum atomic E-state index is 12.9. The van der Waals surface area contributed by atoms with Crippen LogP contribution in [0, 0.1) is 5.82 Å². The molecule has 2 rings (SSSR count). The topological polar surface area (TPSA) is 29.5 Å². The van der Waals surface area contributed by atoms with Crippen molar-refractivity contribution < 1.29 is 13.9 Å². The molecule has 4 heteroatoms. The fourth-order valence-electron chi connectivity index (χ4n) is 2.32. The van der Waals surface area contributed by atoms with E-state index in [-0.39, 0.29) is 5.82 Å². The summed E-state index contributed by atoms with van der Waals surface area (Å²) in [6.45, 7) is 4.77. The lowest BCUT2D eigenvalue weighted by molar-refractivity contribution is -0.120. The molecule has 1 saturated heterocycles. The summed E-state index contributed by atoms with van der Waals surface area (Å²) in [5.41, 5.74) is 0.430. The van der Waals surface area contributed by atoms with E-state index in [1.165, 1.54) is 12.1 Å². The summed E-state index contributed by atoms with van der Waals surface area (Å²) in [5, 5.41) is 0. The normalized spacial score (nSPS) is 20.3. The van der Waals surface area contributed by atoms with E-state index in [1.807, 2.05) is 6.92 Å². The highest BCUT2D eigenvalue weighted by molar-refractivity contribution is 5.64. The second-order valence-corrected chi connectivity index (χ2v) is 4.88. The SMILES string of the molecule is CC(C=O)(Cc1ccc(F)cc1)N1CCOCC1. The molecule has 1 aromatic carbocycles. The van der Waals surface area contributed by atoms with Gasteiger partial charge in [0.25, 0.3) is 0 Å². The molecule has 0 amide bonds. The Bertz CT molecular complexity index is 401. The summed E-state index contributed by atoms with van der Waals surface area (Å²) in [7, 11) is 0. The van der Waals surface area contributed by atoms with Crippen LogP contribution in [0.2, 0.25) is 0 Å². The van der Waals surface area contributed by atoms with Crippen molar-refractivity contribution in [2.24, 2.45) is 0 Å². The van der Waals surface area contributed by atoms with E-state index in [1.54, 1.807) is 12.1 Å². The Kier molecular flexibility index (Phi) is 4.09. The van der Waals surface area contributed by atoms with Gasteiger partial charge >= 0.3 is 0 Å². The highest BCUT2D eigenvalue weighted by Crippen LogP contribution is 2.20. The number of hydrogen-bond donors (Lipinski definition) is 0. The molecular formula is C14H18FNO2. The van der Waals surface area contributed by atoms with Crippen molar-refractivity contribution in [1.29, 1.82) is 0 Å². The van der Waals surface area contributed by atoms with E-state index in [9.17, 15) is 9.18 Å². The lowest BCUT2D eigenvalue weighted by Gasteiger charge is -2.39. The molecule has 0 spiro atoms. The average Bonchev–Trinajstić information content (AvgIpc) is 2.42. The van der Waals surface area contributed by atoms with E-state index in [2.05, 4.69) is 4.90 Å². The third kappa shape index (κ3) is 2.94. The largest absolute Gasteiger partial charge is 0.379 e. The Balaban J connectivity index is 2.11. The summed E-state index contributed by atoms with van der Waals surface area (Å²) in [5.74, 6) is -0.252. The number of carbonyl (C=O) groups is 1. The fourth-order valence-corrected chi connectivity index (χ4v) is 2.32. The maximum Gasteiger partial charge on any atom is 0.140 e. The number of ether oxygens (including phenoxy) is 1. The minimum Gasteiger partial charge on any atom is -0.379 e. The number of morpholine rings is 1. The summed E-state index contributed by atoms with van der Waals surface area (Å²) in [4.78, 5) is 13.6. The minimum atomic E-state index is -0.540. The predicted octanol–water partition coefficient (Wildman–Crippen LogP) is 1.66. The molecule has 0 bridgehead atoms. The van der Waals surface area contributed by atoms with Crippen LogP contribution in [0.3, 0.4) is 0 Å². The molecule has 0 aliphatic carbocycles. The molecule has 1 aliphatic heterocycles. The van der Waals surface area contributed by atoms with E-state index in [4.69, 9.17) is 4.74 Å². The highest BCUT2D eigenvalue weighted by atomic mass is 19.1. The summed E-state index contributed by atoms with van der Waals surface area (Å²) >= 11 is 0. The lowest BCUT2D eigenvalue weighted by atomic mass is 9.92. The number of benzene rings is 1. The summed E-state index contributed by atoms with van der Waals surface area (Å²) in [6.07, 6.45) is 1.58. The van der Waals surface area contributed by atoms with Crippen LogP contribution in [0.25, 0.3) is 0 Å². The molecule has 0 radical (unpaired) electrons. The molecule has 1 aromatic rings.